The first-order valence-corrected chi connectivity index (χ1v) is 9.43. The Labute approximate surface area is 169 Å². The average Bonchev–Trinajstić information content (AvgIpc) is 2.74. The maximum Gasteiger partial charge on any atom is 0.144 e. The van der Waals surface area contributed by atoms with Gasteiger partial charge in [0.05, 0.1) is 24.9 Å². The zero-order chi connectivity index (χ0) is 19.5. The van der Waals surface area contributed by atoms with Gasteiger partial charge in [-0.05, 0) is 24.5 Å². The quantitative estimate of drug-likeness (QED) is 0.656. The van der Waals surface area contributed by atoms with Crippen molar-refractivity contribution in [2.75, 3.05) is 31.0 Å². The van der Waals surface area contributed by atoms with Crippen molar-refractivity contribution in [1.82, 2.24) is 9.97 Å². The number of ether oxygens (including phenoxy) is 2. The van der Waals surface area contributed by atoms with E-state index < -0.39 is 0 Å². The standard InChI is InChI=1S/C21H21ClN4O2/c1-27-18-11-16(19(28-2)10-15(18)22)25-20-12-21(24-13-23-20)26-9-5-7-14-6-3-4-8-17(14)26/h3-4,6,8,10-13H,5,7,9H2,1-2H3,(H,23,24,25). The number of benzene rings is 2. The highest BCUT2D eigenvalue weighted by Crippen LogP contribution is 2.38. The second-order valence-corrected chi connectivity index (χ2v) is 6.86. The molecule has 0 saturated carbocycles. The molecule has 144 valence electrons. The molecule has 0 aliphatic carbocycles. The van der Waals surface area contributed by atoms with E-state index in [-0.39, 0.29) is 0 Å². The number of nitrogens with one attached hydrogen (secondary N) is 1. The fourth-order valence-electron chi connectivity index (χ4n) is 3.43. The third kappa shape index (κ3) is 3.55. The number of aromatic nitrogens is 2. The molecule has 0 radical (unpaired) electrons. The molecule has 2 heterocycles. The summed E-state index contributed by atoms with van der Waals surface area (Å²) in [6, 6.07) is 13.9. The number of nitrogens with zero attached hydrogens (tertiary/aromatic N) is 3. The van der Waals surface area contributed by atoms with Crippen molar-refractivity contribution in [2.45, 2.75) is 12.8 Å². The summed E-state index contributed by atoms with van der Waals surface area (Å²) in [4.78, 5) is 11.1. The van der Waals surface area contributed by atoms with E-state index in [1.807, 2.05) is 6.07 Å². The molecular weight excluding hydrogens is 376 g/mol. The molecule has 0 fully saturated rings. The molecule has 28 heavy (non-hydrogen) atoms. The van der Waals surface area contributed by atoms with Gasteiger partial charge in [0.2, 0.25) is 0 Å². The van der Waals surface area contributed by atoms with Crippen molar-refractivity contribution < 1.29 is 9.47 Å². The van der Waals surface area contributed by atoms with Crippen LogP contribution in [0.4, 0.5) is 23.0 Å². The number of methoxy groups -OCH3 is 2. The predicted molar refractivity (Wildman–Crippen MR) is 112 cm³/mol. The lowest BCUT2D eigenvalue weighted by atomic mass is 10.0. The van der Waals surface area contributed by atoms with E-state index in [0.29, 0.717) is 28.0 Å². The minimum absolute atomic E-state index is 0.484. The number of anilines is 4. The number of aryl methyl sites for hydroxylation is 1. The number of halogens is 1. The van der Waals surface area contributed by atoms with E-state index in [9.17, 15) is 0 Å². The van der Waals surface area contributed by atoms with Crippen molar-refractivity contribution >= 4 is 34.6 Å². The lowest BCUT2D eigenvalue weighted by Crippen LogP contribution is -2.25. The van der Waals surface area contributed by atoms with Crippen LogP contribution in [0, 0.1) is 0 Å². The van der Waals surface area contributed by atoms with E-state index in [2.05, 4.69) is 44.5 Å². The summed E-state index contributed by atoms with van der Waals surface area (Å²) < 4.78 is 10.7. The lowest BCUT2D eigenvalue weighted by Gasteiger charge is -2.30. The minimum Gasteiger partial charge on any atom is -0.495 e. The number of para-hydroxylation sites is 1. The Hall–Kier alpha value is -2.99. The van der Waals surface area contributed by atoms with Crippen molar-refractivity contribution in [3.63, 3.8) is 0 Å². The Balaban J connectivity index is 1.66. The molecule has 2 aromatic carbocycles. The molecule has 0 saturated heterocycles. The third-order valence-corrected chi connectivity index (χ3v) is 5.07. The van der Waals surface area contributed by atoms with Crippen LogP contribution in [0.2, 0.25) is 5.02 Å². The maximum absolute atomic E-state index is 6.19. The monoisotopic (exact) mass is 396 g/mol. The molecule has 4 rings (SSSR count). The SMILES string of the molecule is COc1cc(Nc2cc(N3CCCc4ccccc43)ncn2)c(OC)cc1Cl. The van der Waals surface area contributed by atoms with Crippen LogP contribution in [0.5, 0.6) is 11.5 Å². The molecule has 3 aromatic rings. The smallest absolute Gasteiger partial charge is 0.144 e. The topological polar surface area (TPSA) is 59.5 Å². The molecular formula is C21H21ClN4O2. The van der Waals surface area contributed by atoms with Crippen LogP contribution in [0.25, 0.3) is 0 Å². The Morgan fingerprint density at radius 1 is 1.04 bits per heavy atom. The van der Waals surface area contributed by atoms with Crippen LogP contribution < -0.4 is 19.7 Å². The van der Waals surface area contributed by atoms with E-state index >= 15 is 0 Å². The van der Waals surface area contributed by atoms with Gasteiger partial charge < -0.3 is 19.7 Å². The van der Waals surface area contributed by atoms with Crippen LogP contribution in [0.1, 0.15) is 12.0 Å². The Bertz CT molecular complexity index is 996. The second kappa shape index (κ2) is 7.94. The fourth-order valence-corrected chi connectivity index (χ4v) is 3.66. The number of rotatable bonds is 5. The van der Waals surface area contributed by atoms with Gasteiger partial charge in [-0.2, -0.15) is 0 Å². The molecule has 0 spiro atoms. The summed E-state index contributed by atoms with van der Waals surface area (Å²) in [7, 11) is 3.17. The molecule has 1 aliphatic rings. The highest BCUT2D eigenvalue weighted by atomic mass is 35.5. The van der Waals surface area contributed by atoms with Crippen LogP contribution in [0.3, 0.4) is 0 Å². The van der Waals surface area contributed by atoms with Crippen LogP contribution in [-0.2, 0) is 6.42 Å². The average molecular weight is 397 g/mol. The summed E-state index contributed by atoms with van der Waals surface area (Å²) in [6.07, 6.45) is 3.74. The van der Waals surface area contributed by atoms with Crippen molar-refractivity contribution in [2.24, 2.45) is 0 Å². The summed E-state index contributed by atoms with van der Waals surface area (Å²) in [6.45, 7) is 0.922. The van der Waals surface area contributed by atoms with Gasteiger partial charge in [0, 0.05) is 30.4 Å². The predicted octanol–water partition coefficient (Wildman–Crippen LogP) is 4.98. The van der Waals surface area contributed by atoms with Gasteiger partial charge in [-0.25, -0.2) is 9.97 Å². The van der Waals surface area contributed by atoms with Crippen LogP contribution in [-0.4, -0.2) is 30.7 Å². The highest BCUT2D eigenvalue weighted by Gasteiger charge is 2.19. The van der Waals surface area contributed by atoms with Gasteiger partial charge >= 0.3 is 0 Å². The van der Waals surface area contributed by atoms with Crippen molar-refractivity contribution in [3.8, 4) is 11.5 Å². The largest absolute Gasteiger partial charge is 0.495 e. The molecule has 6 nitrogen and oxygen atoms in total. The summed E-state index contributed by atoms with van der Waals surface area (Å²) >= 11 is 6.19. The molecule has 0 bridgehead atoms. The first-order valence-electron chi connectivity index (χ1n) is 9.05. The number of fused-ring (bicyclic) bond motifs is 1. The number of hydrogen-bond donors (Lipinski definition) is 1. The van der Waals surface area contributed by atoms with E-state index in [1.165, 1.54) is 11.3 Å². The van der Waals surface area contributed by atoms with Crippen LogP contribution >= 0.6 is 11.6 Å². The van der Waals surface area contributed by atoms with Gasteiger partial charge in [-0.3, -0.25) is 0 Å². The molecule has 0 amide bonds. The third-order valence-electron chi connectivity index (χ3n) is 4.78. The summed E-state index contributed by atoms with van der Waals surface area (Å²) in [5, 5.41) is 3.77. The second-order valence-electron chi connectivity index (χ2n) is 6.46. The molecule has 0 unspecified atom stereocenters. The van der Waals surface area contributed by atoms with Crippen molar-refractivity contribution in [3.05, 3.63) is 59.4 Å². The summed E-state index contributed by atoms with van der Waals surface area (Å²) in [5.41, 5.74) is 3.25. The summed E-state index contributed by atoms with van der Waals surface area (Å²) in [5.74, 6) is 2.68. The van der Waals surface area contributed by atoms with E-state index in [4.69, 9.17) is 21.1 Å². The zero-order valence-corrected chi connectivity index (χ0v) is 16.5. The highest BCUT2D eigenvalue weighted by molar-refractivity contribution is 6.32. The fraction of sp³-hybridized carbons (Fsp3) is 0.238. The van der Waals surface area contributed by atoms with E-state index in [1.54, 1.807) is 32.7 Å². The van der Waals surface area contributed by atoms with Gasteiger partial charge in [0.15, 0.2) is 0 Å². The minimum atomic E-state index is 0.484. The van der Waals surface area contributed by atoms with Gasteiger partial charge in [0.1, 0.15) is 29.5 Å². The van der Waals surface area contributed by atoms with Crippen molar-refractivity contribution in [1.29, 1.82) is 0 Å². The first-order chi connectivity index (χ1) is 13.7. The van der Waals surface area contributed by atoms with E-state index in [0.717, 1.165) is 25.2 Å². The Morgan fingerprint density at radius 2 is 1.86 bits per heavy atom. The Kier molecular flexibility index (Phi) is 5.21. The zero-order valence-electron chi connectivity index (χ0n) is 15.8. The number of hydrogen-bond acceptors (Lipinski definition) is 6. The molecule has 1 aromatic heterocycles. The normalized spacial score (nSPS) is 13.0. The molecule has 7 heteroatoms. The molecule has 1 N–H and O–H groups in total. The first kappa shape index (κ1) is 18.4. The van der Waals surface area contributed by atoms with Gasteiger partial charge in [-0.1, -0.05) is 29.8 Å². The van der Waals surface area contributed by atoms with Gasteiger partial charge in [-0.15, -0.1) is 0 Å². The van der Waals surface area contributed by atoms with Crippen LogP contribution in [0.15, 0.2) is 48.8 Å². The lowest BCUT2D eigenvalue weighted by molar-refractivity contribution is 0.405. The van der Waals surface area contributed by atoms with Gasteiger partial charge in [0.25, 0.3) is 0 Å². The molecule has 0 atom stereocenters. The maximum atomic E-state index is 6.19. The Morgan fingerprint density at radius 3 is 2.68 bits per heavy atom. The molecule has 1 aliphatic heterocycles.